The lowest BCUT2D eigenvalue weighted by molar-refractivity contribution is -0.465. The summed E-state index contributed by atoms with van der Waals surface area (Å²) in [5.41, 5.74) is -6.78. The zero-order chi connectivity index (χ0) is 24.8. The van der Waals surface area contributed by atoms with Crippen LogP contribution in [0.15, 0.2) is 12.7 Å². The van der Waals surface area contributed by atoms with Crippen LogP contribution < -0.4 is 0 Å². The summed E-state index contributed by atoms with van der Waals surface area (Å²) >= 11 is 0. The summed E-state index contributed by atoms with van der Waals surface area (Å²) < 4.78 is 173. The number of ether oxygens (including phenoxy) is 1. The van der Waals surface area contributed by atoms with Crippen molar-refractivity contribution < 1.29 is 61.8 Å². The van der Waals surface area contributed by atoms with Gasteiger partial charge in [-0.25, -0.2) is 0 Å². The largest absolute Gasteiger partial charge is 0.459 e. The second-order valence-electron chi connectivity index (χ2n) is 6.80. The first-order valence-corrected chi connectivity index (χ1v) is 8.95. The quantitative estimate of drug-likeness (QED) is 0.146. The smallest absolute Gasteiger partial charge is 0.380 e. The maximum Gasteiger partial charge on any atom is 0.459 e. The first-order valence-electron chi connectivity index (χ1n) is 8.95. The number of unbranched alkanes of at least 4 members (excludes halogenated alkanes) is 6. The maximum absolute atomic E-state index is 13.8. The van der Waals surface area contributed by atoms with E-state index in [0.717, 1.165) is 19.3 Å². The van der Waals surface area contributed by atoms with E-state index in [0.29, 0.717) is 12.8 Å². The highest BCUT2D eigenvalue weighted by Gasteiger charge is 2.92. The van der Waals surface area contributed by atoms with Gasteiger partial charge in [0.1, 0.15) is 0 Å². The summed E-state index contributed by atoms with van der Waals surface area (Å²) in [6.45, 7) is -0.644. The zero-order valence-corrected chi connectivity index (χ0v) is 16.0. The van der Waals surface area contributed by atoms with E-state index in [1.54, 1.807) is 6.08 Å². The molecule has 0 saturated heterocycles. The predicted molar refractivity (Wildman–Crippen MR) is 83.8 cm³/mol. The van der Waals surface area contributed by atoms with Crippen LogP contribution >= 0.6 is 0 Å². The Balaban J connectivity index is 5.48. The molecule has 0 saturated carbocycles. The number of allylic oxidation sites excluding steroid dienone is 1. The van der Waals surface area contributed by atoms with Gasteiger partial charge >= 0.3 is 30.4 Å². The van der Waals surface area contributed by atoms with Crippen molar-refractivity contribution in [2.75, 3.05) is 13.2 Å². The minimum Gasteiger partial charge on any atom is -0.380 e. The molecule has 0 fully saturated rings. The summed E-state index contributed by atoms with van der Waals surface area (Å²) in [5.74, 6) is -15.3. The summed E-state index contributed by atoms with van der Waals surface area (Å²) in [4.78, 5) is 0. The fourth-order valence-electron chi connectivity index (χ4n) is 2.64. The lowest BCUT2D eigenvalue weighted by Gasteiger charge is -2.44. The molecule has 0 aromatic carbocycles. The number of hydrogen-bond acceptors (Lipinski definition) is 1. The van der Waals surface area contributed by atoms with Crippen molar-refractivity contribution in [3.05, 3.63) is 12.7 Å². The standard InChI is InChI=1S/C17H21F13O/c1-2-3-4-5-6-7-8-9-10-31-11-12(15(22,23)24,16(25,26)27)13(18,19)14(20,21)17(28,29)30/h2H,1,3-11H2. The second kappa shape index (κ2) is 10.6. The van der Waals surface area contributed by atoms with Gasteiger partial charge in [0.15, 0.2) is 0 Å². The number of hydrogen-bond donors (Lipinski definition) is 0. The van der Waals surface area contributed by atoms with Crippen molar-refractivity contribution in [2.45, 2.75) is 75.3 Å². The first-order chi connectivity index (χ1) is 13.8. The third-order valence-corrected chi connectivity index (χ3v) is 4.52. The molecule has 0 aromatic heterocycles. The predicted octanol–water partition coefficient (Wildman–Crippen LogP) is 7.86. The van der Waals surface area contributed by atoms with E-state index in [1.807, 2.05) is 0 Å². The molecule has 0 spiro atoms. The van der Waals surface area contributed by atoms with Gasteiger partial charge in [-0.15, -0.1) is 6.58 Å². The first kappa shape index (κ1) is 29.8. The van der Waals surface area contributed by atoms with Crippen LogP contribution in [-0.4, -0.2) is 43.6 Å². The molecule has 0 bridgehead atoms. The molecule has 0 heterocycles. The van der Waals surface area contributed by atoms with Crippen LogP contribution in [0.25, 0.3) is 0 Å². The van der Waals surface area contributed by atoms with Crippen molar-refractivity contribution in [3.8, 4) is 0 Å². The van der Waals surface area contributed by atoms with E-state index in [2.05, 4.69) is 11.3 Å². The minimum atomic E-state index is -7.64. The minimum absolute atomic E-state index is 0.203. The van der Waals surface area contributed by atoms with Gasteiger partial charge in [-0.05, 0) is 19.3 Å². The van der Waals surface area contributed by atoms with Crippen LogP contribution in [0.4, 0.5) is 57.1 Å². The number of alkyl halides is 13. The van der Waals surface area contributed by atoms with Gasteiger partial charge in [0.25, 0.3) is 5.41 Å². The Bertz CT molecular complexity index is 532. The van der Waals surface area contributed by atoms with Crippen LogP contribution in [-0.2, 0) is 4.74 Å². The summed E-state index contributed by atoms with van der Waals surface area (Å²) in [6.07, 6.45) is -16.8. The number of rotatable bonds is 13. The molecule has 0 radical (unpaired) electrons. The molecule has 0 amide bonds. The van der Waals surface area contributed by atoms with Crippen molar-refractivity contribution in [2.24, 2.45) is 5.41 Å². The van der Waals surface area contributed by atoms with Crippen molar-refractivity contribution in [1.82, 2.24) is 0 Å². The van der Waals surface area contributed by atoms with Crippen LogP contribution in [0.5, 0.6) is 0 Å². The molecule has 0 unspecified atom stereocenters. The topological polar surface area (TPSA) is 9.23 Å². The van der Waals surface area contributed by atoms with E-state index in [4.69, 9.17) is 0 Å². The van der Waals surface area contributed by atoms with Gasteiger partial charge in [0, 0.05) is 6.61 Å². The molecule has 14 heteroatoms. The highest BCUT2D eigenvalue weighted by Crippen LogP contribution is 2.65. The molecule has 0 rings (SSSR count). The van der Waals surface area contributed by atoms with Crippen molar-refractivity contribution in [3.63, 3.8) is 0 Å². The lowest BCUT2D eigenvalue weighted by atomic mass is 9.76. The van der Waals surface area contributed by atoms with Gasteiger partial charge in [-0.1, -0.05) is 31.8 Å². The lowest BCUT2D eigenvalue weighted by Crippen LogP contribution is -2.71. The molecule has 0 aliphatic carbocycles. The van der Waals surface area contributed by atoms with Crippen molar-refractivity contribution in [1.29, 1.82) is 0 Å². The van der Waals surface area contributed by atoms with Crippen LogP contribution in [0, 0.1) is 5.41 Å². The van der Waals surface area contributed by atoms with E-state index in [-0.39, 0.29) is 12.8 Å². The van der Waals surface area contributed by atoms with Crippen LogP contribution in [0.3, 0.4) is 0 Å². The van der Waals surface area contributed by atoms with Gasteiger partial charge in [-0.3, -0.25) is 0 Å². The van der Waals surface area contributed by atoms with E-state index in [9.17, 15) is 57.1 Å². The van der Waals surface area contributed by atoms with Gasteiger partial charge in [-0.2, -0.15) is 57.1 Å². The number of halogens is 13. The molecule has 0 aliphatic rings. The molecule has 1 nitrogen and oxygen atoms in total. The average molecular weight is 488 g/mol. The van der Waals surface area contributed by atoms with Crippen molar-refractivity contribution >= 4 is 0 Å². The zero-order valence-electron chi connectivity index (χ0n) is 16.0. The second-order valence-corrected chi connectivity index (χ2v) is 6.80. The summed E-state index contributed by atoms with van der Waals surface area (Å²) in [7, 11) is 0. The van der Waals surface area contributed by atoms with E-state index >= 15 is 0 Å². The Hall–Kier alpha value is -1.21. The Kier molecular flexibility index (Phi) is 10.2. The highest BCUT2D eigenvalue weighted by atomic mass is 19.4. The molecule has 31 heavy (non-hydrogen) atoms. The molecule has 0 atom stereocenters. The summed E-state index contributed by atoms with van der Waals surface area (Å²) in [5, 5.41) is 0. The highest BCUT2D eigenvalue weighted by molar-refractivity contribution is 5.11. The normalized spacial score (nSPS) is 14.7. The third-order valence-electron chi connectivity index (χ3n) is 4.52. The average Bonchev–Trinajstić information content (AvgIpc) is 2.56. The molecule has 0 aromatic rings. The van der Waals surface area contributed by atoms with Crippen LogP contribution in [0.1, 0.15) is 44.9 Å². The summed E-state index contributed by atoms with van der Waals surface area (Å²) in [6, 6.07) is 0. The maximum atomic E-state index is 13.8. The Morgan fingerprint density at radius 2 is 0.968 bits per heavy atom. The Morgan fingerprint density at radius 1 is 0.548 bits per heavy atom. The molecular formula is C17H21F13O. The van der Waals surface area contributed by atoms with Gasteiger partial charge < -0.3 is 4.74 Å². The molecular weight excluding hydrogens is 467 g/mol. The third kappa shape index (κ3) is 6.41. The Morgan fingerprint density at radius 3 is 1.35 bits per heavy atom. The van der Waals surface area contributed by atoms with Crippen LogP contribution in [0.2, 0.25) is 0 Å². The molecule has 186 valence electrons. The molecule has 0 N–H and O–H groups in total. The fourth-order valence-corrected chi connectivity index (χ4v) is 2.64. The van der Waals surface area contributed by atoms with Gasteiger partial charge in [0.2, 0.25) is 0 Å². The van der Waals surface area contributed by atoms with E-state index < -0.39 is 49.0 Å². The Labute approximate surface area is 169 Å². The monoisotopic (exact) mass is 488 g/mol. The molecule has 0 aliphatic heterocycles. The van der Waals surface area contributed by atoms with Gasteiger partial charge in [0.05, 0.1) is 6.61 Å². The SMILES string of the molecule is C=CCCCCCCCCOCC(C(F)(F)F)(C(F)(F)F)C(F)(F)C(F)(F)C(F)(F)F. The fraction of sp³-hybridized carbons (Fsp3) is 0.882. The van der Waals surface area contributed by atoms with E-state index in [1.165, 1.54) is 0 Å².